The zero-order valence-electron chi connectivity index (χ0n) is 10.9. The van der Waals surface area contributed by atoms with Gasteiger partial charge in [0, 0.05) is 11.6 Å². The van der Waals surface area contributed by atoms with Gasteiger partial charge in [-0.1, -0.05) is 37.5 Å². The Hall–Kier alpha value is -1.02. The molecule has 1 aliphatic rings. The molecule has 1 aliphatic carbocycles. The lowest BCUT2D eigenvalue weighted by atomic mass is 9.80. The summed E-state index contributed by atoms with van der Waals surface area (Å²) in [5.41, 5.74) is 7.46. The van der Waals surface area contributed by atoms with E-state index in [1.807, 2.05) is 32.0 Å². The maximum Gasteiger partial charge on any atom is 0.124 e. The van der Waals surface area contributed by atoms with Crippen molar-refractivity contribution in [3.05, 3.63) is 29.8 Å². The standard InChI is InChI=1S/C15H23NO/c1-11(2)17-15-9-4-3-8-13(15)14(16)10-12-6-5-7-12/h3-4,8-9,11-12,14H,5-7,10,16H2,1-2H3. The van der Waals surface area contributed by atoms with Gasteiger partial charge in [0.15, 0.2) is 0 Å². The van der Waals surface area contributed by atoms with Crippen LogP contribution < -0.4 is 10.5 Å². The van der Waals surface area contributed by atoms with Crippen molar-refractivity contribution in [1.82, 2.24) is 0 Å². The maximum absolute atomic E-state index is 6.30. The highest BCUT2D eigenvalue weighted by atomic mass is 16.5. The van der Waals surface area contributed by atoms with E-state index in [4.69, 9.17) is 10.5 Å². The Morgan fingerprint density at radius 2 is 2.00 bits per heavy atom. The third-order valence-corrected chi connectivity index (χ3v) is 3.49. The number of hydrogen-bond donors (Lipinski definition) is 1. The first-order valence-electron chi connectivity index (χ1n) is 6.68. The van der Waals surface area contributed by atoms with E-state index in [9.17, 15) is 0 Å². The molecule has 0 aromatic heterocycles. The van der Waals surface area contributed by atoms with E-state index in [2.05, 4.69) is 6.07 Å². The van der Waals surface area contributed by atoms with Crippen molar-refractivity contribution in [2.45, 2.75) is 51.7 Å². The van der Waals surface area contributed by atoms with Gasteiger partial charge in [-0.2, -0.15) is 0 Å². The fourth-order valence-corrected chi connectivity index (χ4v) is 2.36. The highest BCUT2D eigenvalue weighted by molar-refractivity contribution is 5.36. The number of nitrogens with two attached hydrogens (primary N) is 1. The van der Waals surface area contributed by atoms with Gasteiger partial charge in [-0.15, -0.1) is 0 Å². The van der Waals surface area contributed by atoms with Crippen LogP contribution in [-0.4, -0.2) is 6.10 Å². The molecule has 1 unspecified atom stereocenters. The van der Waals surface area contributed by atoms with Gasteiger partial charge in [-0.05, 0) is 32.3 Å². The van der Waals surface area contributed by atoms with Crippen molar-refractivity contribution in [3.8, 4) is 5.75 Å². The molecule has 0 saturated heterocycles. The van der Waals surface area contributed by atoms with E-state index in [1.165, 1.54) is 19.3 Å². The minimum absolute atomic E-state index is 0.121. The van der Waals surface area contributed by atoms with Crippen molar-refractivity contribution >= 4 is 0 Å². The van der Waals surface area contributed by atoms with Crippen LogP contribution in [0, 0.1) is 5.92 Å². The molecule has 94 valence electrons. The van der Waals surface area contributed by atoms with E-state index >= 15 is 0 Å². The molecule has 1 fully saturated rings. The number of hydrogen-bond acceptors (Lipinski definition) is 2. The van der Waals surface area contributed by atoms with Gasteiger partial charge in [0.2, 0.25) is 0 Å². The summed E-state index contributed by atoms with van der Waals surface area (Å²) in [5, 5.41) is 0. The van der Waals surface area contributed by atoms with Gasteiger partial charge in [0.25, 0.3) is 0 Å². The first-order chi connectivity index (χ1) is 8.16. The van der Waals surface area contributed by atoms with Gasteiger partial charge in [0.05, 0.1) is 6.10 Å². The maximum atomic E-state index is 6.30. The van der Waals surface area contributed by atoms with E-state index in [0.29, 0.717) is 0 Å². The third-order valence-electron chi connectivity index (χ3n) is 3.49. The Kier molecular flexibility index (Phi) is 4.06. The summed E-state index contributed by atoms with van der Waals surface area (Å²) < 4.78 is 5.82. The monoisotopic (exact) mass is 233 g/mol. The van der Waals surface area contributed by atoms with E-state index in [0.717, 1.165) is 23.7 Å². The molecule has 0 bridgehead atoms. The fraction of sp³-hybridized carbons (Fsp3) is 0.600. The van der Waals surface area contributed by atoms with Crippen LogP contribution in [0.3, 0.4) is 0 Å². The molecule has 0 heterocycles. The Morgan fingerprint density at radius 1 is 1.29 bits per heavy atom. The Morgan fingerprint density at radius 3 is 2.59 bits per heavy atom. The normalized spacial score (nSPS) is 17.9. The first kappa shape index (κ1) is 12.4. The van der Waals surface area contributed by atoms with Crippen LogP contribution in [0.5, 0.6) is 5.75 Å². The topological polar surface area (TPSA) is 35.2 Å². The van der Waals surface area contributed by atoms with Crippen molar-refractivity contribution < 1.29 is 4.74 Å². The zero-order chi connectivity index (χ0) is 12.3. The average molecular weight is 233 g/mol. The van der Waals surface area contributed by atoms with Crippen molar-refractivity contribution in [3.63, 3.8) is 0 Å². The summed E-state index contributed by atoms with van der Waals surface area (Å²) in [6.07, 6.45) is 5.37. The minimum Gasteiger partial charge on any atom is -0.491 e. The van der Waals surface area contributed by atoms with Crippen LogP contribution in [0.2, 0.25) is 0 Å². The van der Waals surface area contributed by atoms with Crippen LogP contribution in [0.4, 0.5) is 0 Å². The second-order valence-corrected chi connectivity index (χ2v) is 5.34. The average Bonchev–Trinajstić information content (AvgIpc) is 2.23. The third kappa shape index (κ3) is 3.22. The summed E-state index contributed by atoms with van der Waals surface area (Å²) in [5.74, 6) is 1.78. The van der Waals surface area contributed by atoms with Gasteiger partial charge in [0.1, 0.15) is 5.75 Å². The molecular weight excluding hydrogens is 210 g/mol. The molecule has 0 radical (unpaired) electrons. The first-order valence-corrected chi connectivity index (χ1v) is 6.68. The summed E-state index contributed by atoms with van der Waals surface area (Å²) in [6, 6.07) is 8.30. The highest BCUT2D eigenvalue weighted by Crippen LogP contribution is 2.36. The number of para-hydroxylation sites is 1. The molecule has 1 saturated carbocycles. The van der Waals surface area contributed by atoms with Gasteiger partial charge >= 0.3 is 0 Å². The number of rotatable bonds is 5. The Bertz CT molecular complexity index is 358. The predicted molar refractivity (Wildman–Crippen MR) is 71.1 cm³/mol. The van der Waals surface area contributed by atoms with E-state index < -0.39 is 0 Å². The van der Waals surface area contributed by atoms with Crippen molar-refractivity contribution in [2.75, 3.05) is 0 Å². The van der Waals surface area contributed by atoms with Crippen LogP contribution in [0.1, 0.15) is 51.1 Å². The van der Waals surface area contributed by atoms with E-state index in [-0.39, 0.29) is 12.1 Å². The molecule has 0 amide bonds. The predicted octanol–water partition coefficient (Wildman–Crippen LogP) is 3.66. The SMILES string of the molecule is CC(C)Oc1ccccc1C(N)CC1CCC1. The van der Waals surface area contributed by atoms with Crippen LogP contribution >= 0.6 is 0 Å². The number of ether oxygens (including phenoxy) is 1. The second-order valence-electron chi connectivity index (χ2n) is 5.34. The summed E-state index contributed by atoms with van der Waals surface area (Å²) in [4.78, 5) is 0. The Labute approximate surface area is 104 Å². The van der Waals surface area contributed by atoms with Gasteiger partial charge in [-0.3, -0.25) is 0 Å². The molecule has 2 N–H and O–H groups in total. The lowest BCUT2D eigenvalue weighted by Crippen LogP contribution is -2.21. The fourth-order valence-electron chi connectivity index (χ4n) is 2.36. The summed E-state index contributed by atoms with van der Waals surface area (Å²) in [7, 11) is 0. The molecule has 2 heteroatoms. The molecule has 0 aliphatic heterocycles. The van der Waals surface area contributed by atoms with Crippen LogP contribution in [0.15, 0.2) is 24.3 Å². The summed E-state index contributed by atoms with van der Waals surface area (Å²) in [6.45, 7) is 4.10. The molecule has 17 heavy (non-hydrogen) atoms. The van der Waals surface area contributed by atoms with Crippen LogP contribution in [-0.2, 0) is 0 Å². The molecule has 2 nitrogen and oxygen atoms in total. The summed E-state index contributed by atoms with van der Waals surface area (Å²) >= 11 is 0. The van der Waals surface area contributed by atoms with Crippen molar-refractivity contribution in [1.29, 1.82) is 0 Å². The van der Waals surface area contributed by atoms with Crippen molar-refractivity contribution in [2.24, 2.45) is 11.7 Å². The molecule has 1 aromatic rings. The Balaban J connectivity index is 2.06. The lowest BCUT2D eigenvalue weighted by Gasteiger charge is -2.29. The molecule has 1 aromatic carbocycles. The second kappa shape index (κ2) is 5.54. The van der Waals surface area contributed by atoms with Gasteiger partial charge in [-0.25, -0.2) is 0 Å². The zero-order valence-corrected chi connectivity index (χ0v) is 10.9. The quantitative estimate of drug-likeness (QED) is 0.842. The molecule has 0 spiro atoms. The van der Waals surface area contributed by atoms with E-state index in [1.54, 1.807) is 0 Å². The lowest BCUT2D eigenvalue weighted by molar-refractivity contribution is 0.234. The van der Waals surface area contributed by atoms with Crippen LogP contribution in [0.25, 0.3) is 0 Å². The van der Waals surface area contributed by atoms with Gasteiger partial charge < -0.3 is 10.5 Å². The molecule has 1 atom stereocenters. The minimum atomic E-state index is 0.121. The largest absolute Gasteiger partial charge is 0.491 e. The number of benzene rings is 1. The molecule has 2 rings (SSSR count). The molecular formula is C15H23NO. The smallest absolute Gasteiger partial charge is 0.124 e. The highest BCUT2D eigenvalue weighted by Gasteiger charge is 2.22.